The fraction of sp³-hybridized carbons (Fsp3) is 0.469. The van der Waals surface area contributed by atoms with Gasteiger partial charge in [0.25, 0.3) is 5.91 Å². The van der Waals surface area contributed by atoms with Gasteiger partial charge in [-0.3, -0.25) is 24.0 Å². The zero-order valence-corrected chi connectivity index (χ0v) is 23.6. The second-order valence-electron chi connectivity index (χ2n) is 12.0. The van der Waals surface area contributed by atoms with Crippen molar-refractivity contribution in [3.05, 3.63) is 59.7 Å². The summed E-state index contributed by atoms with van der Waals surface area (Å²) < 4.78 is 0. The molecule has 3 fully saturated rings. The van der Waals surface area contributed by atoms with Crippen LogP contribution in [0.4, 0.5) is 0 Å². The number of Topliss-reactive ketones (excluding diaryl/α,β-unsaturated/α-hetero) is 1. The highest BCUT2D eigenvalue weighted by molar-refractivity contribution is 6.04. The molecule has 2 aliphatic carbocycles. The van der Waals surface area contributed by atoms with Gasteiger partial charge in [-0.1, -0.05) is 55.0 Å². The van der Waals surface area contributed by atoms with Gasteiger partial charge in [-0.25, -0.2) is 0 Å². The van der Waals surface area contributed by atoms with Crippen molar-refractivity contribution < 1.29 is 29.1 Å². The topological polar surface area (TPSA) is 145 Å². The van der Waals surface area contributed by atoms with Crippen LogP contribution in [0.15, 0.2) is 48.5 Å². The normalized spacial score (nSPS) is 25.7. The zero-order chi connectivity index (χ0) is 29.6. The van der Waals surface area contributed by atoms with E-state index in [1.165, 1.54) is 6.92 Å². The molecule has 4 aliphatic rings. The molecule has 0 aromatic heterocycles. The van der Waals surface area contributed by atoms with Crippen molar-refractivity contribution in [2.24, 2.45) is 17.8 Å². The molecule has 1 saturated carbocycles. The standard InChI is InChI=1S/C32H36N4O6/c1-18(38)35-32(24-11-4-2-8-22(24)23-9-3-5-12-25(23)32)31(42)36-16-20-7-6-10-21(20)28(36)30(41)34-26(27(39)17-37)15-19-13-14-33-29(19)40/h2-5,8-9,11-12,19-21,26,28,37H,6-7,10,13-17H2,1H3,(H,33,40)(H,34,41)(H,35,38)/t19-,20+,21+,26+,28-/m1/s1. The third-order valence-corrected chi connectivity index (χ3v) is 9.60. The number of fused-ring (bicyclic) bond motifs is 4. The first-order chi connectivity index (χ1) is 20.3. The fourth-order valence-corrected chi connectivity index (χ4v) is 7.78. The Balaban J connectivity index is 1.38. The lowest BCUT2D eigenvalue weighted by Gasteiger charge is -2.38. The van der Waals surface area contributed by atoms with Crippen molar-refractivity contribution in [2.45, 2.75) is 56.7 Å². The molecule has 2 aliphatic heterocycles. The summed E-state index contributed by atoms with van der Waals surface area (Å²) in [5.74, 6) is -2.42. The maximum absolute atomic E-state index is 14.9. The summed E-state index contributed by atoms with van der Waals surface area (Å²) in [6.45, 7) is 1.47. The number of rotatable bonds is 8. The number of aliphatic hydroxyl groups excluding tert-OH is 1. The molecule has 4 amide bonds. The Morgan fingerprint density at radius 1 is 1.02 bits per heavy atom. The van der Waals surface area contributed by atoms with Crippen LogP contribution in [0.25, 0.3) is 11.1 Å². The van der Waals surface area contributed by atoms with Gasteiger partial charge in [0.05, 0.1) is 6.04 Å². The Bertz CT molecular complexity index is 1410. The third kappa shape index (κ3) is 4.48. The number of hydrogen-bond acceptors (Lipinski definition) is 6. The lowest BCUT2D eigenvalue weighted by Crippen LogP contribution is -2.61. The zero-order valence-electron chi connectivity index (χ0n) is 23.6. The monoisotopic (exact) mass is 572 g/mol. The summed E-state index contributed by atoms with van der Waals surface area (Å²) in [6, 6.07) is 13.1. The largest absolute Gasteiger partial charge is 0.389 e. The van der Waals surface area contributed by atoms with Crippen LogP contribution in [-0.4, -0.2) is 71.2 Å². The highest BCUT2D eigenvalue weighted by Gasteiger charge is 2.58. The summed E-state index contributed by atoms with van der Waals surface area (Å²) >= 11 is 0. The van der Waals surface area contributed by atoms with Crippen LogP contribution < -0.4 is 16.0 Å². The van der Waals surface area contributed by atoms with E-state index >= 15 is 0 Å². The second-order valence-corrected chi connectivity index (χ2v) is 12.0. The lowest BCUT2D eigenvalue weighted by molar-refractivity contribution is -0.146. The first-order valence-corrected chi connectivity index (χ1v) is 14.8. The first-order valence-electron chi connectivity index (χ1n) is 14.8. The van der Waals surface area contributed by atoms with E-state index in [1.807, 2.05) is 48.5 Å². The quantitative estimate of drug-likeness (QED) is 0.375. The van der Waals surface area contributed by atoms with Crippen molar-refractivity contribution in [1.29, 1.82) is 0 Å². The van der Waals surface area contributed by atoms with Gasteiger partial charge in [0.2, 0.25) is 17.7 Å². The highest BCUT2D eigenvalue weighted by Crippen LogP contribution is 2.51. The van der Waals surface area contributed by atoms with Crippen LogP contribution in [0.5, 0.6) is 0 Å². The molecule has 0 radical (unpaired) electrons. The molecule has 0 spiro atoms. The van der Waals surface area contributed by atoms with Crippen molar-refractivity contribution in [1.82, 2.24) is 20.9 Å². The fourth-order valence-electron chi connectivity index (χ4n) is 7.78. The summed E-state index contributed by atoms with van der Waals surface area (Å²) in [7, 11) is 0. The van der Waals surface area contributed by atoms with Gasteiger partial charge in [0, 0.05) is 25.9 Å². The number of hydrogen-bond donors (Lipinski definition) is 4. The summed E-state index contributed by atoms with van der Waals surface area (Å²) in [4.78, 5) is 68.4. The van der Waals surface area contributed by atoms with E-state index in [0.29, 0.717) is 30.6 Å². The Kier molecular flexibility index (Phi) is 7.34. The van der Waals surface area contributed by atoms with E-state index in [9.17, 15) is 29.1 Å². The molecule has 220 valence electrons. The van der Waals surface area contributed by atoms with Gasteiger partial charge in [-0.2, -0.15) is 0 Å². The smallest absolute Gasteiger partial charge is 0.258 e. The summed E-state index contributed by atoms with van der Waals surface area (Å²) in [5.41, 5.74) is 1.49. The van der Waals surface area contributed by atoms with Crippen LogP contribution >= 0.6 is 0 Å². The molecule has 5 atom stereocenters. The van der Waals surface area contributed by atoms with Gasteiger partial charge in [0.15, 0.2) is 11.3 Å². The predicted octanol–water partition coefficient (Wildman–Crippen LogP) is 1.25. The van der Waals surface area contributed by atoms with E-state index < -0.39 is 41.8 Å². The third-order valence-electron chi connectivity index (χ3n) is 9.60. The molecule has 2 aromatic rings. The molecule has 42 heavy (non-hydrogen) atoms. The predicted molar refractivity (Wildman–Crippen MR) is 153 cm³/mol. The number of carbonyl (C=O) groups excluding carboxylic acids is 5. The summed E-state index contributed by atoms with van der Waals surface area (Å²) in [5, 5.41) is 18.2. The minimum absolute atomic E-state index is 0.0856. The number of benzene rings is 2. The molecule has 2 heterocycles. The Hall–Kier alpha value is -4.05. The van der Waals surface area contributed by atoms with Gasteiger partial charge in [-0.05, 0) is 59.8 Å². The van der Waals surface area contributed by atoms with Gasteiger partial charge >= 0.3 is 0 Å². The molecule has 0 bridgehead atoms. The molecule has 6 rings (SSSR count). The molecular formula is C32H36N4O6. The number of carbonyl (C=O) groups is 5. The van der Waals surface area contributed by atoms with Crippen molar-refractivity contribution in [3.8, 4) is 11.1 Å². The Morgan fingerprint density at radius 3 is 2.29 bits per heavy atom. The molecule has 2 saturated heterocycles. The average molecular weight is 573 g/mol. The molecule has 10 nitrogen and oxygen atoms in total. The van der Waals surface area contributed by atoms with Crippen LogP contribution in [0.1, 0.15) is 50.2 Å². The van der Waals surface area contributed by atoms with Gasteiger partial charge < -0.3 is 26.0 Å². The van der Waals surface area contributed by atoms with E-state index in [4.69, 9.17) is 0 Å². The molecule has 0 unspecified atom stereocenters. The average Bonchev–Trinajstić information content (AvgIpc) is 3.75. The second kappa shape index (κ2) is 11.0. The van der Waals surface area contributed by atoms with Crippen molar-refractivity contribution >= 4 is 29.4 Å². The highest BCUT2D eigenvalue weighted by atomic mass is 16.3. The van der Waals surface area contributed by atoms with Crippen LogP contribution in [0, 0.1) is 17.8 Å². The number of likely N-dealkylation sites (tertiary alicyclic amines) is 1. The van der Waals surface area contributed by atoms with E-state index in [1.54, 1.807) is 4.90 Å². The van der Waals surface area contributed by atoms with Crippen molar-refractivity contribution in [2.75, 3.05) is 19.7 Å². The van der Waals surface area contributed by atoms with E-state index in [2.05, 4.69) is 16.0 Å². The number of ketones is 1. The van der Waals surface area contributed by atoms with E-state index in [-0.39, 0.29) is 36.0 Å². The lowest BCUT2D eigenvalue weighted by atomic mass is 9.85. The van der Waals surface area contributed by atoms with Crippen LogP contribution in [0.3, 0.4) is 0 Å². The molecular weight excluding hydrogens is 536 g/mol. The first kappa shape index (κ1) is 28.1. The minimum atomic E-state index is -1.52. The maximum Gasteiger partial charge on any atom is 0.258 e. The number of nitrogens with zero attached hydrogens (tertiary/aromatic N) is 1. The van der Waals surface area contributed by atoms with Gasteiger partial charge in [0.1, 0.15) is 12.6 Å². The van der Waals surface area contributed by atoms with Gasteiger partial charge in [-0.15, -0.1) is 0 Å². The number of nitrogens with one attached hydrogen (secondary N) is 3. The van der Waals surface area contributed by atoms with Crippen LogP contribution in [0.2, 0.25) is 0 Å². The molecule has 4 N–H and O–H groups in total. The number of amides is 4. The Morgan fingerprint density at radius 2 is 1.69 bits per heavy atom. The summed E-state index contributed by atoms with van der Waals surface area (Å²) in [6.07, 6.45) is 3.20. The Labute approximate surface area is 244 Å². The SMILES string of the molecule is CC(=O)NC1(C(=O)N2C[C@@H]3CCC[C@@H]3[C@@H]2C(=O)N[C@@H](C[C@H]2CCNC2=O)C(=O)CO)c2ccccc2-c2ccccc21. The van der Waals surface area contributed by atoms with E-state index in [0.717, 1.165) is 30.4 Å². The minimum Gasteiger partial charge on any atom is -0.389 e. The maximum atomic E-state index is 14.9. The molecule has 10 heteroatoms. The number of aliphatic hydroxyl groups is 1. The van der Waals surface area contributed by atoms with Crippen LogP contribution in [-0.2, 0) is 29.5 Å². The van der Waals surface area contributed by atoms with Crippen molar-refractivity contribution in [3.63, 3.8) is 0 Å². The molecule has 2 aromatic carbocycles.